The smallest absolute Gasteiger partial charge is 0.435 e. The largest absolute Gasteiger partial charge is 0.507 e. The van der Waals surface area contributed by atoms with E-state index in [0.29, 0.717) is 37.4 Å². The number of nitrogens with one attached hydrogen (secondary N) is 1. The Hall–Kier alpha value is -5.05. The number of ether oxygens (including phenoxy) is 2. The molecule has 1 fully saturated rings. The summed E-state index contributed by atoms with van der Waals surface area (Å²) in [5, 5.41) is 25.3. The molecule has 0 spiro atoms. The number of halogens is 3. The minimum atomic E-state index is -4.74. The molecule has 0 bridgehead atoms. The summed E-state index contributed by atoms with van der Waals surface area (Å²) in [6.45, 7) is 0.949. The molecule has 2 N–H and O–H groups in total. The van der Waals surface area contributed by atoms with Gasteiger partial charge in [0.25, 0.3) is 0 Å². The molecule has 0 radical (unpaired) electrons. The van der Waals surface area contributed by atoms with Crippen LogP contribution in [0.25, 0.3) is 16.9 Å². The summed E-state index contributed by atoms with van der Waals surface area (Å²) in [4.78, 5) is 21.5. The van der Waals surface area contributed by atoms with Gasteiger partial charge in [0, 0.05) is 55.5 Å². The highest BCUT2D eigenvalue weighted by Crippen LogP contribution is 2.37. The molecular formula is C28H25F3N8O4. The van der Waals surface area contributed by atoms with Crippen LogP contribution >= 0.6 is 0 Å². The van der Waals surface area contributed by atoms with Crippen molar-refractivity contribution in [2.45, 2.75) is 25.6 Å². The lowest BCUT2D eigenvalue weighted by Crippen LogP contribution is -2.23. The minimum absolute atomic E-state index is 0.0539. The Balaban J connectivity index is 1.29. The molecule has 222 valence electrons. The van der Waals surface area contributed by atoms with Gasteiger partial charge in [-0.05, 0) is 31.0 Å². The summed E-state index contributed by atoms with van der Waals surface area (Å²) in [7, 11) is 1.43. The van der Waals surface area contributed by atoms with Crippen molar-refractivity contribution in [3.8, 4) is 22.9 Å². The normalized spacial score (nSPS) is 14.2. The predicted octanol–water partition coefficient (Wildman–Crippen LogP) is 4.52. The number of hydrogen-bond acceptors (Lipinski definition) is 10. The quantitative estimate of drug-likeness (QED) is 0.246. The van der Waals surface area contributed by atoms with Gasteiger partial charge in [-0.15, -0.1) is 10.2 Å². The Morgan fingerprint density at radius 2 is 1.98 bits per heavy atom. The van der Waals surface area contributed by atoms with Crippen LogP contribution in [0, 0.1) is 5.92 Å². The monoisotopic (exact) mass is 594 g/mol. The van der Waals surface area contributed by atoms with Gasteiger partial charge in [0.2, 0.25) is 5.88 Å². The standard InChI is InChI=1S/C28H25F3N8O4/c1-42-23-5-3-18(35-36-23)14-38-15-20(25(37-38)28(29,30)31)21-13-33-27-26(32-8-9-39(21)27)34-17-2-4-19(22(40)12-17)24(41)16-6-10-43-11-7-16/h2-5,8-9,12-13,15-16,40H,6-7,10-11,14H2,1H3,(H,32,34). The highest BCUT2D eigenvalue weighted by Gasteiger charge is 2.38. The molecule has 43 heavy (non-hydrogen) atoms. The first-order chi connectivity index (χ1) is 20.7. The molecule has 6 rings (SSSR count). The van der Waals surface area contributed by atoms with Gasteiger partial charge < -0.3 is 19.9 Å². The number of anilines is 2. The number of phenols is 1. The number of fused-ring (bicyclic) bond motifs is 1. The second-order valence-corrected chi connectivity index (χ2v) is 9.87. The number of phenolic OH excluding ortho intramolecular Hbond substituents is 1. The van der Waals surface area contributed by atoms with Gasteiger partial charge in [-0.25, -0.2) is 9.97 Å². The fraction of sp³-hybridized carbons (Fsp3) is 0.286. The Morgan fingerprint density at radius 1 is 1.16 bits per heavy atom. The molecule has 0 amide bonds. The number of carbonyl (C=O) groups excluding carboxylic acids is 1. The summed E-state index contributed by atoms with van der Waals surface area (Å²) in [6, 6.07) is 7.69. The molecule has 12 nitrogen and oxygen atoms in total. The van der Waals surface area contributed by atoms with Crippen LogP contribution in [0.4, 0.5) is 24.7 Å². The first kappa shape index (κ1) is 28.1. The van der Waals surface area contributed by atoms with E-state index in [-0.39, 0.29) is 58.2 Å². The maximum atomic E-state index is 14.1. The zero-order valence-electron chi connectivity index (χ0n) is 22.7. The van der Waals surface area contributed by atoms with Crippen molar-refractivity contribution in [3.05, 3.63) is 72.1 Å². The van der Waals surface area contributed by atoms with Crippen LogP contribution in [0.2, 0.25) is 0 Å². The number of rotatable bonds is 8. The minimum Gasteiger partial charge on any atom is -0.507 e. The SMILES string of the molecule is COc1ccc(Cn2cc(-c3cnc4c(Nc5ccc(C(=O)C6CCOCC6)c(O)c5)nccn34)c(C(F)(F)F)n2)nn1. The zero-order chi connectivity index (χ0) is 30.1. The van der Waals surface area contributed by atoms with Crippen LogP contribution in [0.1, 0.15) is 34.6 Å². The van der Waals surface area contributed by atoms with Crippen molar-refractivity contribution in [3.63, 3.8) is 0 Å². The molecule has 0 unspecified atom stereocenters. The van der Waals surface area contributed by atoms with Crippen LogP contribution in [-0.4, -0.2) is 65.6 Å². The summed E-state index contributed by atoms with van der Waals surface area (Å²) in [6.07, 6.45) is 1.92. The van der Waals surface area contributed by atoms with Crippen LogP contribution < -0.4 is 10.1 Å². The molecule has 0 aliphatic carbocycles. The molecule has 1 aromatic carbocycles. The lowest BCUT2D eigenvalue weighted by atomic mass is 9.90. The number of carbonyl (C=O) groups is 1. The van der Waals surface area contributed by atoms with Crippen LogP contribution in [0.5, 0.6) is 11.6 Å². The molecule has 1 aliphatic heterocycles. The number of nitrogens with zero attached hydrogens (tertiary/aromatic N) is 7. The Labute approximate surface area is 242 Å². The molecular weight excluding hydrogens is 569 g/mol. The number of aromatic hydroxyl groups is 1. The van der Waals surface area contributed by atoms with Gasteiger partial charge in [0.15, 0.2) is 22.9 Å². The number of hydrogen-bond donors (Lipinski definition) is 2. The molecule has 5 aromatic rings. The lowest BCUT2D eigenvalue weighted by molar-refractivity contribution is -0.141. The van der Waals surface area contributed by atoms with Gasteiger partial charge in [-0.2, -0.15) is 18.3 Å². The molecule has 0 atom stereocenters. The Morgan fingerprint density at radius 3 is 2.67 bits per heavy atom. The fourth-order valence-electron chi connectivity index (χ4n) is 4.95. The van der Waals surface area contributed by atoms with Gasteiger partial charge in [-0.1, -0.05) is 0 Å². The highest BCUT2D eigenvalue weighted by atomic mass is 19.4. The summed E-state index contributed by atoms with van der Waals surface area (Å²) in [5.74, 6) is -0.0514. The van der Waals surface area contributed by atoms with Gasteiger partial charge in [0.1, 0.15) is 5.75 Å². The first-order valence-electron chi connectivity index (χ1n) is 13.3. The summed E-state index contributed by atoms with van der Waals surface area (Å²) in [5.41, 5.74) is 0.117. The first-order valence-corrected chi connectivity index (χ1v) is 13.3. The molecule has 0 saturated carbocycles. The van der Waals surface area contributed by atoms with Crippen LogP contribution in [-0.2, 0) is 17.5 Å². The average molecular weight is 595 g/mol. The number of alkyl halides is 3. The van der Waals surface area contributed by atoms with E-state index in [1.54, 1.807) is 18.2 Å². The van der Waals surface area contributed by atoms with E-state index < -0.39 is 11.9 Å². The second kappa shape index (κ2) is 11.3. The molecule has 5 heterocycles. The van der Waals surface area contributed by atoms with E-state index in [1.165, 1.54) is 48.4 Å². The maximum Gasteiger partial charge on any atom is 0.435 e. The number of methoxy groups -OCH3 is 1. The number of benzene rings is 1. The van der Waals surface area contributed by atoms with Crippen molar-refractivity contribution in [2.24, 2.45) is 5.92 Å². The zero-order valence-corrected chi connectivity index (χ0v) is 22.7. The van der Waals surface area contributed by atoms with Crippen molar-refractivity contribution >= 4 is 22.9 Å². The summed E-state index contributed by atoms with van der Waals surface area (Å²) >= 11 is 0. The van der Waals surface area contributed by atoms with E-state index in [1.807, 2.05) is 0 Å². The fourth-order valence-corrected chi connectivity index (χ4v) is 4.95. The van der Waals surface area contributed by atoms with Crippen molar-refractivity contribution in [1.82, 2.24) is 34.3 Å². The van der Waals surface area contributed by atoms with E-state index in [4.69, 9.17) is 9.47 Å². The third kappa shape index (κ3) is 5.70. The number of ketones is 1. The summed E-state index contributed by atoms with van der Waals surface area (Å²) < 4.78 is 55.1. The molecule has 1 saturated heterocycles. The number of aromatic nitrogens is 7. The average Bonchev–Trinajstić information content (AvgIpc) is 3.63. The van der Waals surface area contributed by atoms with E-state index in [9.17, 15) is 23.1 Å². The third-order valence-electron chi connectivity index (χ3n) is 7.08. The molecule has 4 aromatic heterocycles. The Kier molecular flexibility index (Phi) is 7.39. The Bertz CT molecular complexity index is 1780. The van der Waals surface area contributed by atoms with Gasteiger partial charge >= 0.3 is 6.18 Å². The van der Waals surface area contributed by atoms with E-state index in [2.05, 4.69) is 30.6 Å². The van der Waals surface area contributed by atoms with Gasteiger partial charge in [-0.3, -0.25) is 13.9 Å². The maximum absolute atomic E-state index is 14.1. The van der Waals surface area contributed by atoms with E-state index in [0.717, 1.165) is 4.68 Å². The predicted molar refractivity (Wildman–Crippen MR) is 146 cm³/mol. The van der Waals surface area contributed by atoms with Crippen molar-refractivity contribution < 1.29 is 32.5 Å². The number of Topliss-reactive ketones (excluding diaryl/α,β-unsaturated/α-hetero) is 1. The van der Waals surface area contributed by atoms with Crippen molar-refractivity contribution in [1.29, 1.82) is 0 Å². The molecule has 15 heteroatoms. The van der Waals surface area contributed by atoms with Crippen LogP contribution in [0.15, 0.2) is 55.1 Å². The van der Waals surface area contributed by atoms with Gasteiger partial charge in [0.05, 0.1) is 42.4 Å². The lowest BCUT2D eigenvalue weighted by Gasteiger charge is -2.21. The second-order valence-electron chi connectivity index (χ2n) is 9.87. The van der Waals surface area contributed by atoms with Crippen molar-refractivity contribution in [2.75, 3.05) is 25.6 Å². The molecule has 1 aliphatic rings. The highest BCUT2D eigenvalue weighted by molar-refractivity contribution is 6.00. The topological polar surface area (TPSA) is 142 Å². The third-order valence-corrected chi connectivity index (χ3v) is 7.08. The number of imidazole rings is 1. The van der Waals surface area contributed by atoms with E-state index >= 15 is 0 Å². The van der Waals surface area contributed by atoms with Crippen LogP contribution in [0.3, 0.4) is 0 Å².